The molecule has 2 nitrogen and oxygen atoms in total. The molecular weight excluding hydrogens is 302 g/mol. The number of allylic oxidation sites excluding steroid dienone is 1. The lowest BCUT2D eigenvalue weighted by Gasteiger charge is -2.03. The van der Waals surface area contributed by atoms with E-state index in [1.165, 1.54) is 44.6 Å². The van der Waals surface area contributed by atoms with Crippen molar-refractivity contribution in [2.45, 2.75) is 83.2 Å². The number of carbonyl (C=O) groups excluding carboxylic acids is 1. The van der Waals surface area contributed by atoms with Crippen molar-refractivity contribution in [3.63, 3.8) is 0 Å². The van der Waals surface area contributed by atoms with Gasteiger partial charge in [-0.2, -0.15) is 0 Å². The van der Waals surface area contributed by atoms with Gasteiger partial charge < -0.3 is 4.74 Å². The highest BCUT2D eigenvalue weighted by atomic mass is 28.2. The second-order valence-electron chi connectivity index (χ2n) is 5.74. The number of esters is 1. The maximum atomic E-state index is 12.0. The van der Waals surface area contributed by atoms with Crippen LogP contribution in [0.5, 0.6) is 0 Å². The fraction of sp³-hybridized carbons (Fsp3) is 0.824. The summed E-state index contributed by atoms with van der Waals surface area (Å²) in [5.74, 6) is -0.251. The average molecular weight is 335 g/mol. The topological polar surface area (TPSA) is 26.3 Å². The van der Waals surface area contributed by atoms with Crippen LogP contribution in [-0.2, 0) is 9.53 Å². The molecule has 0 aromatic carbocycles. The molecule has 0 aliphatic heterocycles. The normalized spacial score (nSPS) is 12.0. The number of carbonyl (C=O) groups is 1. The molecule has 0 saturated carbocycles. The molecule has 0 fully saturated rings. The summed E-state index contributed by atoms with van der Waals surface area (Å²) in [6.07, 6.45) is 14.7. The highest BCUT2D eigenvalue weighted by Gasteiger charge is 2.02. The zero-order valence-corrected chi connectivity index (χ0v) is 15.4. The van der Waals surface area contributed by atoms with Crippen molar-refractivity contribution in [2.24, 2.45) is 0 Å². The summed E-state index contributed by atoms with van der Waals surface area (Å²) in [4.78, 5) is 11.0. The zero-order valence-electron chi connectivity index (χ0n) is 14.0. The third-order valence-electron chi connectivity index (χ3n) is 3.61. The fourth-order valence-electron chi connectivity index (χ4n) is 2.35. The summed E-state index contributed by atoms with van der Waals surface area (Å²) in [5.41, 5.74) is 0. The first kappa shape index (κ1) is 21.3. The van der Waals surface area contributed by atoms with Crippen molar-refractivity contribution in [3.05, 3.63) is 12.2 Å². The highest BCUT2D eigenvalue weighted by molar-refractivity contribution is 6.36. The van der Waals surface area contributed by atoms with Crippen LogP contribution in [0.15, 0.2) is 12.2 Å². The number of ether oxygens (including phenoxy) is 1. The number of alkyl halides is 2. The highest BCUT2D eigenvalue weighted by Crippen LogP contribution is 2.12. The molecule has 0 rings (SSSR count). The number of hydrogen-bond donors (Lipinski definition) is 0. The fourth-order valence-corrected chi connectivity index (χ4v) is 3.30. The van der Waals surface area contributed by atoms with Gasteiger partial charge in [0, 0.05) is 6.08 Å². The molecule has 0 aromatic heterocycles. The van der Waals surface area contributed by atoms with Crippen LogP contribution in [0, 0.1) is 0 Å². The van der Waals surface area contributed by atoms with Crippen molar-refractivity contribution in [2.75, 3.05) is 6.61 Å². The lowest BCUT2D eigenvalue weighted by Crippen LogP contribution is -2.02. The van der Waals surface area contributed by atoms with Crippen molar-refractivity contribution in [3.8, 4) is 0 Å². The second kappa shape index (κ2) is 16.7. The van der Waals surface area contributed by atoms with Gasteiger partial charge in [-0.25, -0.2) is 13.6 Å². The van der Waals surface area contributed by atoms with Gasteiger partial charge in [-0.3, -0.25) is 0 Å². The first-order valence-electron chi connectivity index (χ1n) is 8.74. The largest absolute Gasteiger partial charge is 0.463 e. The Hall–Kier alpha value is -0.713. The summed E-state index contributed by atoms with van der Waals surface area (Å²) >= 11 is 0. The second-order valence-corrected chi connectivity index (χ2v) is 7.64. The molecule has 0 saturated heterocycles. The zero-order chi connectivity index (χ0) is 16.5. The van der Waals surface area contributed by atoms with Crippen LogP contribution in [0.2, 0.25) is 6.04 Å². The Balaban J connectivity index is 3.07. The van der Waals surface area contributed by atoms with E-state index in [0.29, 0.717) is 6.61 Å². The van der Waals surface area contributed by atoms with Crippen LogP contribution < -0.4 is 0 Å². The van der Waals surface area contributed by atoms with E-state index in [2.05, 4.69) is 0 Å². The summed E-state index contributed by atoms with van der Waals surface area (Å²) in [6, 6.07) is -1.19. The summed E-state index contributed by atoms with van der Waals surface area (Å²) in [7, 11) is -1.09. The molecule has 22 heavy (non-hydrogen) atoms. The molecule has 0 N–H and O–H groups in total. The number of unbranched alkanes of at least 4 members (excludes halogenated alkanes) is 9. The van der Waals surface area contributed by atoms with E-state index in [9.17, 15) is 13.6 Å². The SMILES string of the molecule is CC=CC(=O)OCCCCCCCCCCCC[SiH2]C(F)F. The molecule has 130 valence electrons. The molecule has 0 bridgehead atoms. The molecule has 0 unspecified atom stereocenters. The molecule has 5 heteroatoms. The van der Waals surface area contributed by atoms with E-state index >= 15 is 0 Å². The third-order valence-corrected chi connectivity index (χ3v) is 4.96. The molecule has 0 heterocycles. The lowest BCUT2D eigenvalue weighted by atomic mass is 10.1. The van der Waals surface area contributed by atoms with Gasteiger partial charge in [0.25, 0.3) is 0 Å². The van der Waals surface area contributed by atoms with Gasteiger partial charge in [-0.15, -0.1) is 0 Å². The van der Waals surface area contributed by atoms with E-state index < -0.39 is 15.6 Å². The standard InChI is InChI=1S/C17H32F2O2Si/c1-2-13-16(20)21-14-11-9-7-5-3-4-6-8-10-12-15-22-17(18)19/h2,13,17H,3-12,14-15,22H2,1H3. The van der Waals surface area contributed by atoms with Gasteiger partial charge in [0.1, 0.15) is 9.52 Å². The van der Waals surface area contributed by atoms with E-state index in [1.54, 1.807) is 13.0 Å². The van der Waals surface area contributed by atoms with Crippen LogP contribution in [0.1, 0.15) is 71.1 Å². The monoisotopic (exact) mass is 334 g/mol. The molecular formula is C17H32F2O2Si. The molecule has 0 spiro atoms. The predicted octanol–water partition coefficient (Wildman–Crippen LogP) is 4.82. The van der Waals surface area contributed by atoms with Crippen LogP contribution in [0.25, 0.3) is 0 Å². The Kier molecular flexibility index (Phi) is 16.1. The smallest absolute Gasteiger partial charge is 0.330 e. The Bertz CT molecular complexity index is 284. The van der Waals surface area contributed by atoms with E-state index in [1.807, 2.05) is 0 Å². The third kappa shape index (κ3) is 17.3. The van der Waals surface area contributed by atoms with Gasteiger partial charge in [0.15, 0.2) is 0 Å². The molecule has 0 aromatic rings. The Morgan fingerprint density at radius 3 is 1.95 bits per heavy atom. The van der Waals surface area contributed by atoms with Gasteiger partial charge in [-0.1, -0.05) is 69.9 Å². The average Bonchev–Trinajstić information content (AvgIpc) is 2.47. The minimum Gasteiger partial charge on any atom is -0.463 e. The van der Waals surface area contributed by atoms with Gasteiger partial charge >= 0.3 is 5.97 Å². The van der Waals surface area contributed by atoms with Crippen LogP contribution in [0.3, 0.4) is 0 Å². The van der Waals surface area contributed by atoms with Crippen LogP contribution in [-0.4, -0.2) is 28.1 Å². The van der Waals surface area contributed by atoms with Crippen molar-refractivity contribution >= 4 is 15.5 Å². The Morgan fingerprint density at radius 2 is 1.45 bits per heavy atom. The number of rotatable bonds is 15. The molecule has 0 aliphatic carbocycles. The minimum absolute atomic E-state index is 0.251. The Labute approximate surface area is 136 Å². The van der Waals surface area contributed by atoms with E-state index in [-0.39, 0.29) is 5.97 Å². The van der Waals surface area contributed by atoms with Crippen molar-refractivity contribution in [1.29, 1.82) is 0 Å². The maximum absolute atomic E-state index is 12.0. The maximum Gasteiger partial charge on any atom is 0.330 e. The molecule has 0 atom stereocenters. The summed E-state index contributed by atoms with van der Waals surface area (Å²) < 4.78 is 29.0. The van der Waals surface area contributed by atoms with Crippen molar-refractivity contribution in [1.82, 2.24) is 0 Å². The lowest BCUT2D eigenvalue weighted by molar-refractivity contribution is -0.137. The summed E-state index contributed by atoms with van der Waals surface area (Å²) in [6.45, 7) is 2.32. The minimum atomic E-state index is -1.99. The van der Waals surface area contributed by atoms with Gasteiger partial charge in [0.2, 0.25) is 6.05 Å². The van der Waals surface area contributed by atoms with E-state index in [0.717, 1.165) is 31.7 Å². The van der Waals surface area contributed by atoms with Gasteiger partial charge in [0.05, 0.1) is 6.61 Å². The predicted molar refractivity (Wildman–Crippen MR) is 91.3 cm³/mol. The summed E-state index contributed by atoms with van der Waals surface area (Å²) in [5, 5.41) is 0. The van der Waals surface area contributed by atoms with Crippen LogP contribution in [0.4, 0.5) is 8.78 Å². The molecule has 0 aliphatic rings. The van der Waals surface area contributed by atoms with Crippen molar-refractivity contribution < 1.29 is 18.3 Å². The quantitative estimate of drug-likeness (QED) is 0.186. The molecule has 0 amide bonds. The van der Waals surface area contributed by atoms with E-state index in [4.69, 9.17) is 4.74 Å². The number of halogens is 2. The van der Waals surface area contributed by atoms with Gasteiger partial charge in [-0.05, 0) is 13.3 Å². The first-order valence-corrected chi connectivity index (χ1v) is 10.6. The number of hydrogen-bond acceptors (Lipinski definition) is 2. The molecule has 0 radical (unpaired) electrons. The van der Waals surface area contributed by atoms with Crippen LogP contribution >= 0.6 is 0 Å². The first-order chi connectivity index (χ1) is 10.7. The Morgan fingerprint density at radius 1 is 0.955 bits per heavy atom.